The molecule has 1 aromatic carbocycles. The summed E-state index contributed by atoms with van der Waals surface area (Å²) >= 11 is 0. The van der Waals surface area contributed by atoms with Crippen LogP contribution in [-0.2, 0) is 10.8 Å². The van der Waals surface area contributed by atoms with Crippen molar-refractivity contribution in [3.8, 4) is 5.75 Å². The van der Waals surface area contributed by atoms with Crippen molar-refractivity contribution in [1.82, 2.24) is 0 Å². The predicted molar refractivity (Wildman–Crippen MR) is 87.2 cm³/mol. The minimum absolute atomic E-state index is 0.0738. The normalized spacial score (nSPS) is 14.2. The zero-order chi connectivity index (χ0) is 15.7. The molecule has 0 aliphatic rings. The Bertz CT molecular complexity index is 454. The van der Waals surface area contributed by atoms with Crippen molar-refractivity contribution in [3.05, 3.63) is 41.5 Å². The summed E-state index contributed by atoms with van der Waals surface area (Å²) in [7, 11) is 0. The third-order valence-corrected chi connectivity index (χ3v) is 3.60. The van der Waals surface area contributed by atoms with Gasteiger partial charge < -0.3 is 10.8 Å². The summed E-state index contributed by atoms with van der Waals surface area (Å²) < 4.78 is 0. The van der Waals surface area contributed by atoms with Gasteiger partial charge in [-0.3, -0.25) is 0 Å². The molecule has 20 heavy (non-hydrogen) atoms. The van der Waals surface area contributed by atoms with E-state index in [4.69, 9.17) is 5.73 Å². The van der Waals surface area contributed by atoms with E-state index in [1.807, 2.05) is 18.2 Å². The Morgan fingerprint density at radius 3 is 1.80 bits per heavy atom. The van der Waals surface area contributed by atoms with E-state index in [0.29, 0.717) is 5.75 Å². The monoisotopic (exact) mass is 275 g/mol. The molecule has 0 aromatic heterocycles. The minimum Gasteiger partial charge on any atom is -0.507 e. The third kappa shape index (κ3) is 3.63. The molecule has 0 amide bonds. The van der Waals surface area contributed by atoms with Gasteiger partial charge in [-0.2, -0.15) is 0 Å². The summed E-state index contributed by atoms with van der Waals surface area (Å²) in [6, 6.07) is 4.01. The number of aromatic hydroxyl groups is 1. The third-order valence-electron chi connectivity index (χ3n) is 3.60. The Balaban J connectivity index is 3.54. The van der Waals surface area contributed by atoms with E-state index in [1.165, 1.54) is 0 Å². The Morgan fingerprint density at radius 1 is 1.10 bits per heavy atom. The maximum Gasteiger partial charge on any atom is 0.123 e. The van der Waals surface area contributed by atoms with Crippen LogP contribution < -0.4 is 5.73 Å². The summed E-state index contributed by atoms with van der Waals surface area (Å²) in [5.41, 5.74) is 8.98. The highest BCUT2D eigenvalue weighted by Gasteiger charge is 2.27. The topological polar surface area (TPSA) is 46.2 Å². The first-order valence-electron chi connectivity index (χ1n) is 7.23. The van der Waals surface area contributed by atoms with Crippen LogP contribution in [0.2, 0.25) is 0 Å². The van der Waals surface area contributed by atoms with E-state index in [2.05, 4.69) is 48.1 Å². The second-order valence-corrected chi connectivity index (χ2v) is 7.60. The lowest BCUT2D eigenvalue weighted by Gasteiger charge is -2.29. The molecule has 0 fully saturated rings. The van der Waals surface area contributed by atoms with Gasteiger partial charge >= 0.3 is 0 Å². The molecular formula is C18H29NO. The number of phenols is 1. The molecule has 0 spiro atoms. The van der Waals surface area contributed by atoms with Gasteiger partial charge in [0.25, 0.3) is 0 Å². The quantitative estimate of drug-likeness (QED) is 0.794. The summed E-state index contributed by atoms with van der Waals surface area (Å²) in [6.07, 6.45) is 2.57. The van der Waals surface area contributed by atoms with Gasteiger partial charge in [-0.25, -0.2) is 0 Å². The molecule has 0 bridgehead atoms. The standard InChI is InChI=1S/C18H29NO/c1-8-9-15(19)12-10-13(17(2,3)4)16(20)14(11-12)18(5,6)7/h8,10-11,15,20H,1,9,19H2,2-7H3/t15-/m0/s1. The zero-order valence-corrected chi connectivity index (χ0v) is 13.7. The first kappa shape index (κ1) is 16.8. The molecule has 0 aliphatic carbocycles. The summed E-state index contributed by atoms with van der Waals surface area (Å²) in [5.74, 6) is 0.402. The second kappa shape index (κ2) is 5.61. The highest BCUT2D eigenvalue weighted by molar-refractivity contribution is 5.50. The molecule has 2 heteroatoms. The fraction of sp³-hybridized carbons (Fsp3) is 0.556. The SMILES string of the molecule is C=CC[C@H](N)c1cc(C(C)(C)C)c(O)c(C(C)(C)C)c1. The van der Waals surface area contributed by atoms with E-state index in [0.717, 1.165) is 23.1 Å². The Morgan fingerprint density at radius 2 is 1.50 bits per heavy atom. The van der Waals surface area contributed by atoms with Gasteiger partial charge in [0.2, 0.25) is 0 Å². The molecule has 0 saturated carbocycles. The molecule has 0 heterocycles. The van der Waals surface area contributed by atoms with Crippen LogP contribution in [0, 0.1) is 0 Å². The first-order chi connectivity index (χ1) is 8.98. The summed E-state index contributed by atoms with van der Waals surface area (Å²) in [4.78, 5) is 0. The van der Waals surface area contributed by atoms with Gasteiger partial charge in [-0.1, -0.05) is 47.6 Å². The van der Waals surface area contributed by atoms with Gasteiger partial charge in [-0.05, 0) is 46.1 Å². The highest BCUT2D eigenvalue weighted by Crippen LogP contribution is 2.40. The van der Waals surface area contributed by atoms with Gasteiger partial charge in [0, 0.05) is 6.04 Å². The Kier molecular flexibility index (Phi) is 4.70. The smallest absolute Gasteiger partial charge is 0.123 e. The molecule has 2 nitrogen and oxygen atoms in total. The van der Waals surface area contributed by atoms with Gasteiger partial charge in [0.15, 0.2) is 0 Å². The highest BCUT2D eigenvalue weighted by atomic mass is 16.3. The van der Waals surface area contributed by atoms with Crippen LogP contribution in [0.3, 0.4) is 0 Å². The van der Waals surface area contributed by atoms with Crippen LogP contribution in [0.25, 0.3) is 0 Å². The van der Waals surface area contributed by atoms with E-state index < -0.39 is 0 Å². The van der Waals surface area contributed by atoms with Gasteiger partial charge in [0.05, 0.1) is 0 Å². The number of hydrogen-bond acceptors (Lipinski definition) is 2. The molecule has 112 valence electrons. The number of nitrogens with two attached hydrogens (primary N) is 1. The lowest BCUT2D eigenvalue weighted by Crippen LogP contribution is -2.20. The fourth-order valence-electron chi connectivity index (χ4n) is 2.33. The molecule has 0 aliphatic heterocycles. The number of rotatable bonds is 3. The van der Waals surface area contributed by atoms with Crippen LogP contribution in [0.4, 0.5) is 0 Å². The minimum atomic E-state index is -0.117. The molecule has 1 rings (SSSR count). The van der Waals surface area contributed by atoms with Crippen molar-refractivity contribution in [2.45, 2.75) is 64.8 Å². The Hall–Kier alpha value is -1.28. The number of phenolic OH excluding ortho intramolecular Hbond substituents is 1. The molecule has 1 aromatic rings. The van der Waals surface area contributed by atoms with Crippen molar-refractivity contribution in [1.29, 1.82) is 0 Å². The van der Waals surface area contributed by atoms with Crippen LogP contribution in [0.15, 0.2) is 24.8 Å². The van der Waals surface area contributed by atoms with E-state index in [-0.39, 0.29) is 16.9 Å². The molecule has 0 saturated heterocycles. The van der Waals surface area contributed by atoms with E-state index in [9.17, 15) is 5.11 Å². The molecule has 0 radical (unpaired) electrons. The first-order valence-corrected chi connectivity index (χ1v) is 7.23. The van der Waals surface area contributed by atoms with Crippen LogP contribution in [-0.4, -0.2) is 5.11 Å². The van der Waals surface area contributed by atoms with Crippen LogP contribution in [0.1, 0.15) is 70.7 Å². The molecule has 3 N–H and O–H groups in total. The number of benzene rings is 1. The largest absolute Gasteiger partial charge is 0.507 e. The van der Waals surface area contributed by atoms with Crippen LogP contribution in [0.5, 0.6) is 5.75 Å². The fourth-order valence-corrected chi connectivity index (χ4v) is 2.33. The predicted octanol–water partition coefficient (Wildman–Crippen LogP) is 4.56. The second-order valence-electron chi connectivity index (χ2n) is 7.60. The molecular weight excluding hydrogens is 246 g/mol. The van der Waals surface area contributed by atoms with Crippen molar-refractivity contribution in [2.75, 3.05) is 0 Å². The summed E-state index contributed by atoms with van der Waals surface area (Å²) in [5, 5.41) is 10.6. The van der Waals surface area contributed by atoms with E-state index in [1.54, 1.807) is 0 Å². The van der Waals surface area contributed by atoms with Crippen molar-refractivity contribution < 1.29 is 5.11 Å². The van der Waals surface area contributed by atoms with Crippen LogP contribution >= 0.6 is 0 Å². The van der Waals surface area contributed by atoms with Crippen molar-refractivity contribution in [2.24, 2.45) is 5.73 Å². The maximum absolute atomic E-state index is 10.6. The molecule has 1 atom stereocenters. The average Bonchev–Trinajstić information content (AvgIpc) is 2.26. The lowest BCUT2D eigenvalue weighted by molar-refractivity contribution is 0.422. The zero-order valence-electron chi connectivity index (χ0n) is 13.7. The maximum atomic E-state index is 10.6. The number of hydrogen-bond donors (Lipinski definition) is 2. The van der Waals surface area contributed by atoms with Gasteiger partial charge in [0.1, 0.15) is 5.75 Å². The average molecular weight is 275 g/mol. The lowest BCUT2D eigenvalue weighted by atomic mass is 9.77. The van der Waals surface area contributed by atoms with Crippen molar-refractivity contribution in [3.63, 3.8) is 0 Å². The molecule has 0 unspecified atom stereocenters. The van der Waals surface area contributed by atoms with Crippen molar-refractivity contribution >= 4 is 0 Å². The Labute approximate surface area is 123 Å². The van der Waals surface area contributed by atoms with E-state index >= 15 is 0 Å². The van der Waals surface area contributed by atoms with Gasteiger partial charge in [-0.15, -0.1) is 6.58 Å². The summed E-state index contributed by atoms with van der Waals surface area (Å²) in [6.45, 7) is 16.4.